The van der Waals surface area contributed by atoms with Gasteiger partial charge in [0.05, 0.1) is 12.5 Å². The zero-order valence-electron chi connectivity index (χ0n) is 16.3. The van der Waals surface area contributed by atoms with Crippen molar-refractivity contribution < 1.29 is 9.53 Å². The summed E-state index contributed by atoms with van der Waals surface area (Å²) in [5.41, 5.74) is 5.45. The van der Waals surface area contributed by atoms with E-state index in [1.165, 1.54) is 0 Å². The SMILES string of the molecule is CCNC(=NCCCN1CCCC(C(N)=O)C1)N(C)CC1CCOC1.I. The second-order valence-corrected chi connectivity index (χ2v) is 7.24. The molecule has 0 spiro atoms. The van der Waals surface area contributed by atoms with Gasteiger partial charge in [-0.3, -0.25) is 9.79 Å². The standard InChI is InChI=1S/C18H35N5O2.HI/c1-3-20-18(22(2)12-15-7-11-25-14-15)21-8-5-10-23-9-4-6-16(13-23)17(19)24;/h15-16H,3-14H2,1-2H3,(H2,19,24)(H,20,21);1H. The van der Waals surface area contributed by atoms with Gasteiger partial charge < -0.3 is 25.6 Å². The summed E-state index contributed by atoms with van der Waals surface area (Å²) in [6.07, 6.45) is 4.14. The molecule has 0 radical (unpaired) electrons. The summed E-state index contributed by atoms with van der Waals surface area (Å²) >= 11 is 0. The normalized spacial score (nSPS) is 24.2. The molecule has 2 fully saturated rings. The Labute approximate surface area is 175 Å². The minimum absolute atomic E-state index is 0. The van der Waals surface area contributed by atoms with Crippen LogP contribution in [0.1, 0.15) is 32.6 Å². The molecule has 0 aromatic heterocycles. The highest BCUT2D eigenvalue weighted by Gasteiger charge is 2.23. The summed E-state index contributed by atoms with van der Waals surface area (Å²) in [7, 11) is 2.10. The maximum Gasteiger partial charge on any atom is 0.221 e. The average molecular weight is 481 g/mol. The molecule has 2 aliphatic heterocycles. The van der Waals surface area contributed by atoms with Crippen LogP contribution in [0.4, 0.5) is 0 Å². The van der Waals surface area contributed by atoms with Gasteiger partial charge in [0, 0.05) is 45.8 Å². The Balaban J connectivity index is 0.00000338. The van der Waals surface area contributed by atoms with Crippen LogP contribution in [-0.2, 0) is 9.53 Å². The van der Waals surface area contributed by atoms with Gasteiger partial charge in [-0.2, -0.15) is 0 Å². The Kier molecular flexibility index (Phi) is 11.5. The van der Waals surface area contributed by atoms with Gasteiger partial charge in [-0.25, -0.2) is 0 Å². The number of nitrogens with one attached hydrogen (secondary N) is 1. The summed E-state index contributed by atoms with van der Waals surface area (Å²) < 4.78 is 5.46. The number of primary amides is 1. The molecule has 7 nitrogen and oxygen atoms in total. The Bertz CT molecular complexity index is 443. The van der Waals surface area contributed by atoms with E-state index in [0.29, 0.717) is 5.92 Å². The fraction of sp³-hybridized carbons (Fsp3) is 0.889. The second-order valence-electron chi connectivity index (χ2n) is 7.24. The third kappa shape index (κ3) is 7.96. The number of carbonyl (C=O) groups excluding carboxylic acids is 1. The molecule has 0 aromatic carbocycles. The van der Waals surface area contributed by atoms with Crippen LogP contribution < -0.4 is 11.1 Å². The van der Waals surface area contributed by atoms with Crippen LogP contribution in [0.5, 0.6) is 0 Å². The van der Waals surface area contributed by atoms with Crippen molar-refractivity contribution in [2.45, 2.75) is 32.6 Å². The lowest BCUT2D eigenvalue weighted by Gasteiger charge is -2.31. The molecule has 2 aliphatic rings. The number of likely N-dealkylation sites (tertiary alicyclic amines) is 1. The molecule has 0 aliphatic carbocycles. The minimum Gasteiger partial charge on any atom is -0.381 e. The largest absolute Gasteiger partial charge is 0.381 e. The predicted molar refractivity (Wildman–Crippen MR) is 116 cm³/mol. The summed E-state index contributed by atoms with van der Waals surface area (Å²) in [6, 6.07) is 0. The van der Waals surface area contributed by atoms with E-state index in [0.717, 1.165) is 84.1 Å². The zero-order valence-corrected chi connectivity index (χ0v) is 18.6. The molecule has 3 N–H and O–H groups in total. The highest BCUT2D eigenvalue weighted by Crippen LogP contribution is 2.16. The summed E-state index contributed by atoms with van der Waals surface area (Å²) in [6.45, 7) is 9.34. The van der Waals surface area contributed by atoms with E-state index in [4.69, 9.17) is 15.5 Å². The lowest BCUT2D eigenvalue weighted by Crippen LogP contribution is -2.42. The molecular formula is C18H36IN5O2. The zero-order chi connectivity index (χ0) is 18.1. The number of halogens is 1. The molecule has 0 bridgehead atoms. The molecule has 1 amide bonds. The summed E-state index contributed by atoms with van der Waals surface area (Å²) in [5, 5.41) is 3.38. The molecular weight excluding hydrogens is 445 g/mol. The number of guanidine groups is 1. The Morgan fingerprint density at radius 3 is 2.88 bits per heavy atom. The van der Waals surface area contributed by atoms with Crippen molar-refractivity contribution in [2.75, 3.05) is 59.5 Å². The number of piperidine rings is 1. The van der Waals surface area contributed by atoms with Crippen LogP contribution >= 0.6 is 24.0 Å². The average Bonchev–Trinajstić information content (AvgIpc) is 3.10. The van der Waals surface area contributed by atoms with Gasteiger partial charge in [-0.15, -0.1) is 24.0 Å². The highest BCUT2D eigenvalue weighted by molar-refractivity contribution is 14.0. The molecule has 2 atom stereocenters. The molecule has 0 saturated carbocycles. The molecule has 2 heterocycles. The van der Waals surface area contributed by atoms with Crippen LogP contribution in [0.2, 0.25) is 0 Å². The van der Waals surface area contributed by atoms with Crippen molar-refractivity contribution in [3.05, 3.63) is 0 Å². The van der Waals surface area contributed by atoms with Crippen LogP contribution in [0.3, 0.4) is 0 Å². The summed E-state index contributed by atoms with van der Waals surface area (Å²) in [5.74, 6) is 1.44. The Morgan fingerprint density at radius 2 is 2.23 bits per heavy atom. The van der Waals surface area contributed by atoms with Crippen molar-refractivity contribution in [3.63, 3.8) is 0 Å². The van der Waals surface area contributed by atoms with E-state index < -0.39 is 0 Å². The number of ether oxygens (including phenoxy) is 1. The first-order valence-corrected chi connectivity index (χ1v) is 9.69. The van der Waals surface area contributed by atoms with E-state index in [-0.39, 0.29) is 35.8 Å². The molecule has 26 heavy (non-hydrogen) atoms. The number of nitrogens with zero attached hydrogens (tertiary/aromatic N) is 3. The molecule has 2 unspecified atom stereocenters. The van der Waals surface area contributed by atoms with Crippen LogP contribution in [0.15, 0.2) is 4.99 Å². The maximum atomic E-state index is 11.4. The van der Waals surface area contributed by atoms with Gasteiger partial charge in [-0.05, 0) is 45.7 Å². The first-order chi connectivity index (χ1) is 12.1. The highest BCUT2D eigenvalue weighted by atomic mass is 127. The van der Waals surface area contributed by atoms with Gasteiger partial charge in [0.2, 0.25) is 5.91 Å². The minimum atomic E-state index is -0.158. The van der Waals surface area contributed by atoms with Crippen LogP contribution in [0, 0.1) is 11.8 Å². The molecule has 152 valence electrons. The third-order valence-corrected chi connectivity index (χ3v) is 5.05. The fourth-order valence-corrected chi connectivity index (χ4v) is 3.64. The first kappa shape index (κ1) is 23.4. The van der Waals surface area contributed by atoms with Crippen molar-refractivity contribution in [2.24, 2.45) is 22.6 Å². The van der Waals surface area contributed by atoms with E-state index in [9.17, 15) is 4.79 Å². The maximum absolute atomic E-state index is 11.4. The number of hydrogen-bond donors (Lipinski definition) is 2. The van der Waals surface area contributed by atoms with Gasteiger partial charge >= 0.3 is 0 Å². The number of aliphatic imine (C=N–C) groups is 1. The van der Waals surface area contributed by atoms with Gasteiger partial charge in [0.25, 0.3) is 0 Å². The number of carbonyl (C=O) groups is 1. The Hall–Kier alpha value is -0.610. The molecule has 2 saturated heterocycles. The van der Waals surface area contributed by atoms with Crippen molar-refractivity contribution in [1.82, 2.24) is 15.1 Å². The number of nitrogens with two attached hydrogens (primary N) is 1. The van der Waals surface area contributed by atoms with Gasteiger partial charge in [-0.1, -0.05) is 0 Å². The first-order valence-electron chi connectivity index (χ1n) is 9.69. The van der Waals surface area contributed by atoms with Crippen molar-refractivity contribution >= 4 is 35.8 Å². The number of hydrogen-bond acceptors (Lipinski definition) is 4. The van der Waals surface area contributed by atoms with Gasteiger partial charge in [0.1, 0.15) is 0 Å². The molecule has 0 aromatic rings. The van der Waals surface area contributed by atoms with Gasteiger partial charge in [0.15, 0.2) is 5.96 Å². The molecule has 8 heteroatoms. The topological polar surface area (TPSA) is 83.2 Å². The lowest BCUT2D eigenvalue weighted by atomic mass is 9.97. The van der Waals surface area contributed by atoms with Crippen LogP contribution in [-0.4, -0.2) is 81.2 Å². The monoisotopic (exact) mass is 481 g/mol. The molecule has 2 rings (SSSR count). The van der Waals surface area contributed by atoms with Crippen molar-refractivity contribution in [3.8, 4) is 0 Å². The fourth-order valence-electron chi connectivity index (χ4n) is 3.64. The third-order valence-electron chi connectivity index (χ3n) is 5.05. The van der Waals surface area contributed by atoms with Crippen LogP contribution in [0.25, 0.3) is 0 Å². The predicted octanol–water partition coefficient (Wildman–Crippen LogP) is 1.13. The summed E-state index contributed by atoms with van der Waals surface area (Å²) in [4.78, 5) is 20.7. The second kappa shape index (κ2) is 12.7. The quantitative estimate of drug-likeness (QED) is 0.235. The number of amides is 1. The van der Waals surface area contributed by atoms with E-state index in [2.05, 4.69) is 29.1 Å². The number of rotatable bonds is 8. The van der Waals surface area contributed by atoms with Crippen molar-refractivity contribution in [1.29, 1.82) is 0 Å². The van der Waals surface area contributed by atoms with E-state index >= 15 is 0 Å². The Morgan fingerprint density at radius 1 is 1.42 bits per heavy atom. The van der Waals surface area contributed by atoms with E-state index in [1.807, 2.05) is 0 Å². The smallest absolute Gasteiger partial charge is 0.221 e. The lowest BCUT2D eigenvalue weighted by molar-refractivity contribution is -0.123. The van der Waals surface area contributed by atoms with E-state index in [1.54, 1.807) is 0 Å².